The van der Waals surface area contributed by atoms with Gasteiger partial charge in [0.25, 0.3) is 11.8 Å². The molecule has 1 aromatic rings. The van der Waals surface area contributed by atoms with Gasteiger partial charge < -0.3 is 5.32 Å². The third kappa shape index (κ3) is 3.12. The highest BCUT2D eigenvalue weighted by Crippen LogP contribution is 2.22. The zero-order chi connectivity index (χ0) is 16.6. The van der Waals surface area contributed by atoms with Crippen LogP contribution in [0.1, 0.15) is 27.1 Å². The molecule has 0 spiro atoms. The van der Waals surface area contributed by atoms with Gasteiger partial charge in [0.15, 0.2) is 9.84 Å². The number of nitrogens with zero attached hydrogens (tertiary/aromatic N) is 1. The molecule has 0 bridgehead atoms. The second-order valence-corrected chi connectivity index (χ2v) is 8.04. The first-order chi connectivity index (χ1) is 10.9. The van der Waals surface area contributed by atoms with E-state index in [0.717, 1.165) is 4.90 Å². The molecule has 2 aliphatic rings. The molecule has 2 aliphatic heterocycles. The fourth-order valence-corrected chi connectivity index (χ4v) is 4.74. The van der Waals surface area contributed by atoms with Gasteiger partial charge in [-0.15, -0.1) is 0 Å². The summed E-state index contributed by atoms with van der Waals surface area (Å²) in [6.45, 7) is -0.118. The fraction of sp³-hybridized carbons (Fsp3) is 0.400. The van der Waals surface area contributed by atoms with E-state index in [1.807, 2.05) is 0 Å². The highest BCUT2D eigenvalue weighted by atomic mass is 32.2. The van der Waals surface area contributed by atoms with Gasteiger partial charge in [0.05, 0.1) is 22.6 Å². The van der Waals surface area contributed by atoms with Crippen LogP contribution in [0.4, 0.5) is 0 Å². The number of benzene rings is 1. The molecule has 3 amide bonds. The van der Waals surface area contributed by atoms with Gasteiger partial charge in [0, 0.05) is 6.54 Å². The number of sulfone groups is 1. The van der Waals surface area contributed by atoms with Crippen LogP contribution >= 0.6 is 0 Å². The van der Waals surface area contributed by atoms with Gasteiger partial charge >= 0.3 is 0 Å². The molecule has 0 aliphatic carbocycles. The van der Waals surface area contributed by atoms with Crippen LogP contribution in [0, 0.1) is 5.92 Å². The van der Waals surface area contributed by atoms with Crippen molar-refractivity contribution in [3.8, 4) is 0 Å². The molecule has 8 heteroatoms. The molecule has 3 rings (SSSR count). The van der Waals surface area contributed by atoms with Crippen LogP contribution in [0.2, 0.25) is 0 Å². The predicted molar refractivity (Wildman–Crippen MR) is 81.6 cm³/mol. The maximum absolute atomic E-state index is 12.1. The quantitative estimate of drug-likeness (QED) is 0.770. The minimum atomic E-state index is -2.99. The molecule has 1 saturated heterocycles. The standard InChI is InChI=1S/C15H16N2O5S/c18-13(16-7-10-5-6-23(21,22)9-10)8-17-14(19)11-3-1-2-4-12(11)15(17)20/h1-4,10H,5-9H2,(H,16,18)/t10-/m1/s1. The normalized spacial score (nSPS) is 22.3. The SMILES string of the molecule is O=C(CN1C(=O)c2ccccc2C1=O)NC[C@H]1CCS(=O)(=O)C1. The smallest absolute Gasteiger partial charge is 0.262 e. The van der Waals surface area contributed by atoms with E-state index in [4.69, 9.17) is 0 Å². The van der Waals surface area contributed by atoms with E-state index in [-0.39, 0.29) is 30.5 Å². The van der Waals surface area contributed by atoms with E-state index < -0.39 is 27.6 Å². The molecule has 23 heavy (non-hydrogen) atoms. The van der Waals surface area contributed by atoms with Gasteiger partial charge in [0.1, 0.15) is 6.54 Å². The lowest BCUT2D eigenvalue weighted by Crippen LogP contribution is -2.41. The average Bonchev–Trinajstić information content (AvgIpc) is 2.98. The largest absolute Gasteiger partial charge is 0.354 e. The first kappa shape index (κ1) is 15.7. The van der Waals surface area contributed by atoms with Gasteiger partial charge in [-0.1, -0.05) is 12.1 Å². The van der Waals surface area contributed by atoms with Crippen LogP contribution in [0.15, 0.2) is 24.3 Å². The van der Waals surface area contributed by atoms with Gasteiger partial charge in [-0.05, 0) is 24.5 Å². The Hall–Kier alpha value is -2.22. The topological polar surface area (TPSA) is 101 Å². The average molecular weight is 336 g/mol. The Morgan fingerprint density at radius 1 is 1.17 bits per heavy atom. The van der Waals surface area contributed by atoms with Crippen molar-refractivity contribution in [1.82, 2.24) is 10.2 Å². The molecule has 1 N–H and O–H groups in total. The number of hydrogen-bond donors (Lipinski definition) is 1. The second-order valence-electron chi connectivity index (χ2n) is 5.82. The number of nitrogens with one attached hydrogen (secondary N) is 1. The third-order valence-electron chi connectivity index (χ3n) is 4.09. The summed E-state index contributed by atoms with van der Waals surface area (Å²) in [4.78, 5) is 37.1. The Morgan fingerprint density at radius 2 is 1.78 bits per heavy atom. The van der Waals surface area contributed by atoms with Crippen LogP contribution in [-0.2, 0) is 14.6 Å². The molecule has 1 fully saturated rings. The Morgan fingerprint density at radius 3 is 2.30 bits per heavy atom. The molecule has 0 saturated carbocycles. The highest BCUT2D eigenvalue weighted by Gasteiger charge is 2.36. The Kier molecular flexibility index (Phi) is 3.93. The van der Waals surface area contributed by atoms with E-state index in [0.29, 0.717) is 17.5 Å². The van der Waals surface area contributed by atoms with Crippen molar-refractivity contribution in [2.24, 2.45) is 5.92 Å². The van der Waals surface area contributed by atoms with Crippen molar-refractivity contribution in [2.45, 2.75) is 6.42 Å². The lowest BCUT2D eigenvalue weighted by molar-refractivity contribution is -0.121. The number of imide groups is 1. The molecule has 0 unspecified atom stereocenters. The first-order valence-corrected chi connectivity index (χ1v) is 9.12. The second kappa shape index (κ2) is 5.77. The summed E-state index contributed by atoms with van der Waals surface area (Å²) in [6.07, 6.45) is 0.523. The highest BCUT2D eigenvalue weighted by molar-refractivity contribution is 7.91. The van der Waals surface area contributed by atoms with Crippen molar-refractivity contribution < 1.29 is 22.8 Å². The van der Waals surface area contributed by atoms with Crippen LogP contribution < -0.4 is 5.32 Å². The summed E-state index contributed by atoms with van der Waals surface area (Å²) < 4.78 is 22.7. The zero-order valence-corrected chi connectivity index (χ0v) is 13.1. The molecule has 1 aromatic carbocycles. The van der Waals surface area contributed by atoms with E-state index >= 15 is 0 Å². The fourth-order valence-electron chi connectivity index (χ4n) is 2.87. The van der Waals surface area contributed by atoms with E-state index in [9.17, 15) is 22.8 Å². The Labute approximate surface area is 133 Å². The summed E-state index contributed by atoms with van der Waals surface area (Å²) >= 11 is 0. The minimum absolute atomic E-state index is 0.0697. The number of carbonyl (C=O) groups is 3. The van der Waals surface area contributed by atoms with Crippen LogP contribution in [0.5, 0.6) is 0 Å². The number of fused-ring (bicyclic) bond motifs is 1. The predicted octanol–water partition coefficient (Wildman–Crippen LogP) is -0.166. The van der Waals surface area contributed by atoms with E-state index in [1.54, 1.807) is 24.3 Å². The molecular formula is C15H16N2O5S. The van der Waals surface area contributed by atoms with Crippen molar-refractivity contribution in [3.05, 3.63) is 35.4 Å². The van der Waals surface area contributed by atoms with Gasteiger partial charge in [-0.3, -0.25) is 19.3 Å². The number of amides is 3. The Balaban J connectivity index is 1.57. The molecule has 2 heterocycles. The molecule has 7 nitrogen and oxygen atoms in total. The monoisotopic (exact) mass is 336 g/mol. The van der Waals surface area contributed by atoms with Crippen molar-refractivity contribution >= 4 is 27.6 Å². The summed E-state index contributed by atoms with van der Waals surface area (Å²) in [6, 6.07) is 6.43. The molecule has 0 aromatic heterocycles. The number of carbonyl (C=O) groups excluding carboxylic acids is 3. The van der Waals surface area contributed by atoms with Gasteiger partial charge in [0.2, 0.25) is 5.91 Å². The third-order valence-corrected chi connectivity index (χ3v) is 5.93. The van der Waals surface area contributed by atoms with Crippen molar-refractivity contribution in [2.75, 3.05) is 24.6 Å². The van der Waals surface area contributed by atoms with E-state index in [1.165, 1.54) is 0 Å². The van der Waals surface area contributed by atoms with Crippen molar-refractivity contribution in [1.29, 1.82) is 0 Å². The molecule has 122 valence electrons. The number of hydrogen-bond acceptors (Lipinski definition) is 5. The van der Waals surface area contributed by atoms with Crippen molar-refractivity contribution in [3.63, 3.8) is 0 Å². The van der Waals surface area contributed by atoms with Crippen LogP contribution in [0.25, 0.3) is 0 Å². The lowest BCUT2D eigenvalue weighted by atomic mass is 10.1. The lowest BCUT2D eigenvalue weighted by Gasteiger charge is -2.15. The maximum atomic E-state index is 12.1. The summed E-state index contributed by atoms with van der Waals surface area (Å²) in [5.41, 5.74) is 0.597. The molecule has 0 radical (unpaired) electrons. The summed E-state index contributed by atoms with van der Waals surface area (Å²) in [5, 5.41) is 2.61. The summed E-state index contributed by atoms with van der Waals surface area (Å²) in [7, 11) is -2.99. The van der Waals surface area contributed by atoms with Gasteiger partial charge in [-0.2, -0.15) is 0 Å². The molecular weight excluding hydrogens is 320 g/mol. The maximum Gasteiger partial charge on any atom is 0.262 e. The number of rotatable bonds is 4. The Bertz CT molecular complexity index is 752. The van der Waals surface area contributed by atoms with E-state index in [2.05, 4.69) is 5.32 Å². The van der Waals surface area contributed by atoms with Gasteiger partial charge in [-0.25, -0.2) is 8.42 Å². The first-order valence-electron chi connectivity index (χ1n) is 7.30. The zero-order valence-electron chi connectivity index (χ0n) is 12.3. The minimum Gasteiger partial charge on any atom is -0.354 e. The van der Waals surface area contributed by atoms with Crippen LogP contribution in [-0.4, -0.2) is 55.6 Å². The van der Waals surface area contributed by atoms with Crippen LogP contribution in [0.3, 0.4) is 0 Å². The molecule has 1 atom stereocenters. The summed E-state index contributed by atoms with van der Waals surface area (Å²) in [5.74, 6) is -1.32.